The fourth-order valence-electron chi connectivity index (χ4n) is 2.21. The summed E-state index contributed by atoms with van der Waals surface area (Å²) in [7, 11) is 0. The van der Waals surface area contributed by atoms with E-state index in [1.165, 1.54) is 12.1 Å². The molecule has 0 aliphatic carbocycles. The normalized spacial score (nSPS) is 10.6. The van der Waals surface area contributed by atoms with Gasteiger partial charge < -0.3 is 5.32 Å². The lowest BCUT2D eigenvalue weighted by atomic mass is 10.0. The third-order valence-electron chi connectivity index (χ3n) is 3.24. The monoisotopic (exact) mass is 391 g/mol. The second-order valence-corrected chi connectivity index (χ2v) is 5.74. The lowest BCUT2D eigenvalue weighted by Crippen LogP contribution is -2.13. The van der Waals surface area contributed by atoms with Crippen molar-refractivity contribution >= 4 is 45.0 Å². The third-order valence-corrected chi connectivity index (χ3v) is 4.18. The number of fused-ring (bicyclic) bond motifs is 1. The van der Waals surface area contributed by atoms with Crippen molar-refractivity contribution in [2.75, 3.05) is 5.32 Å². The molecule has 21 heavy (non-hydrogen) atoms. The summed E-state index contributed by atoms with van der Waals surface area (Å²) in [5, 5.41) is 3.93. The first-order valence-corrected chi connectivity index (χ1v) is 7.48. The fraction of sp³-hybridized carbons (Fsp3) is 0. The summed E-state index contributed by atoms with van der Waals surface area (Å²) < 4.78 is 14.7. The molecular weight excluding hydrogens is 380 g/mol. The lowest BCUT2D eigenvalue weighted by Gasteiger charge is -2.10. The number of amides is 1. The van der Waals surface area contributed by atoms with Crippen LogP contribution in [0.25, 0.3) is 10.8 Å². The molecule has 0 spiro atoms. The van der Waals surface area contributed by atoms with Crippen molar-refractivity contribution in [1.29, 1.82) is 0 Å². The molecule has 1 amide bonds. The van der Waals surface area contributed by atoms with E-state index in [1.807, 2.05) is 24.3 Å². The summed E-state index contributed by atoms with van der Waals surface area (Å²) in [5.41, 5.74) is 1.21. The summed E-state index contributed by atoms with van der Waals surface area (Å²) in [4.78, 5) is 12.5. The van der Waals surface area contributed by atoms with E-state index in [4.69, 9.17) is 0 Å². The van der Waals surface area contributed by atoms with Gasteiger partial charge in [-0.1, -0.05) is 36.4 Å². The average molecular weight is 391 g/mol. The van der Waals surface area contributed by atoms with Crippen molar-refractivity contribution in [2.45, 2.75) is 0 Å². The van der Waals surface area contributed by atoms with Crippen molar-refractivity contribution in [3.63, 3.8) is 0 Å². The zero-order valence-electron chi connectivity index (χ0n) is 10.9. The second-order valence-electron chi connectivity index (χ2n) is 4.57. The van der Waals surface area contributed by atoms with Gasteiger partial charge in [0, 0.05) is 14.5 Å². The van der Waals surface area contributed by atoms with Gasteiger partial charge in [0.15, 0.2) is 0 Å². The zero-order valence-corrected chi connectivity index (χ0v) is 13.1. The van der Waals surface area contributed by atoms with Gasteiger partial charge in [0.2, 0.25) is 0 Å². The van der Waals surface area contributed by atoms with Gasteiger partial charge >= 0.3 is 0 Å². The number of carbonyl (C=O) groups is 1. The van der Waals surface area contributed by atoms with E-state index in [0.717, 1.165) is 9.26 Å². The Kier molecular flexibility index (Phi) is 3.88. The Morgan fingerprint density at radius 2 is 1.57 bits per heavy atom. The molecule has 2 nitrogen and oxygen atoms in total. The Morgan fingerprint density at radius 3 is 2.33 bits per heavy atom. The van der Waals surface area contributed by atoms with Gasteiger partial charge in [0.05, 0.1) is 5.69 Å². The molecule has 0 saturated carbocycles. The molecule has 0 atom stereocenters. The summed E-state index contributed by atoms with van der Waals surface area (Å²) in [5.74, 6) is -0.563. The minimum Gasteiger partial charge on any atom is -0.321 e. The first-order valence-electron chi connectivity index (χ1n) is 6.40. The smallest absolute Gasteiger partial charge is 0.256 e. The highest BCUT2D eigenvalue weighted by atomic mass is 127. The number of nitrogens with one attached hydrogen (secondary N) is 1. The molecule has 0 aliphatic rings. The molecule has 0 unspecified atom stereocenters. The molecule has 0 bridgehead atoms. The number of hydrogen-bond donors (Lipinski definition) is 1. The molecule has 104 valence electrons. The highest BCUT2D eigenvalue weighted by Gasteiger charge is 2.13. The van der Waals surface area contributed by atoms with Crippen LogP contribution in [0.3, 0.4) is 0 Å². The number of carbonyl (C=O) groups excluding carboxylic acids is 1. The Morgan fingerprint density at radius 1 is 0.905 bits per heavy atom. The first-order chi connectivity index (χ1) is 10.2. The number of halogens is 2. The van der Waals surface area contributed by atoms with E-state index in [0.29, 0.717) is 16.3 Å². The minimum atomic E-state index is -0.323. The maximum Gasteiger partial charge on any atom is 0.256 e. The number of anilines is 1. The molecule has 3 aromatic carbocycles. The van der Waals surface area contributed by atoms with Crippen molar-refractivity contribution in [1.82, 2.24) is 0 Å². The number of rotatable bonds is 2. The minimum absolute atomic E-state index is 0.240. The fourth-order valence-corrected chi connectivity index (χ4v) is 2.73. The van der Waals surface area contributed by atoms with E-state index in [1.54, 1.807) is 24.3 Å². The van der Waals surface area contributed by atoms with Crippen molar-refractivity contribution in [3.8, 4) is 0 Å². The van der Waals surface area contributed by atoms with Crippen molar-refractivity contribution in [2.24, 2.45) is 0 Å². The first kappa shape index (κ1) is 14.0. The molecule has 0 aliphatic heterocycles. The van der Waals surface area contributed by atoms with Gasteiger partial charge in [-0.3, -0.25) is 4.79 Å². The molecule has 0 aromatic heterocycles. The molecule has 0 heterocycles. The highest BCUT2D eigenvalue weighted by Crippen LogP contribution is 2.24. The number of para-hydroxylation sites is 1. The van der Waals surface area contributed by atoms with Gasteiger partial charge in [-0.05, 0) is 52.2 Å². The molecule has 0 fully saturated rings. The molecule has 3 rings (SSSR count). The van der Waals surface area contributed by atoms with Crippen LogP contribution in [0.4, 0.5) is 10.1 Å². The van der Waals surface area contributed by atoms with Crippen LogP contribution in [0.1, 0.15) is 10.4 Å². The molecular formula is C17H11FINO. The van der Waals surface area contributed by atoms with Crippen LogP contribution in [0, 0.1) is 9.39 Å². The summed E-state index contributed by atoms with van der Waals surface area (Å²) in [6, 6.07) is 17.3. The van der Waals surface area contributed by atoms with E-state index in [-0.39, 0.29) is 11.7 Å². The maximum absolute atomic E-state index is 13.8. The molecule has 3 aromatic rings. The highest BCUT2D eigenvalue weighted by molar-refractivity contribution is 14.1. The van der Waals surface area contributed by atoms with Crippen molar-refractivity contribution < 1.29 is 9.18 Å². The predicted octanol–water partition coefficient (Wildman–Crippen LogP) is 4.84. The van der Waals surface area contributed by atoms with Crippen LogP contribution >= 0.6 is 22.6 Å². The Hall–Kier alpha value is -1.95. The Balaban J connectivity index is 2.03. The van der Waals surface area contributed by atoms with E-state index < -0.39 is 0 Å². The third kappa shape index (κ3) is 2.76. The van der Waals surface area contributed by atoms with Gasteiger partial charge in [-0.2, -0.15) is 0 Å². The second kappa shape index (κ2) is 5.81. The van der Waals surface area contributed by atoms with Crippen LogP contribution < -0.4 is 5.32 Å². The topological polar surface area (TPSA) is 29.1 Å². The molecule has 1 N–H and O–H groups in total. The van der Waals surface area contributed by atoms with Crippen LogP contribution in [-0.2, 0) is 0 Å². The molecule has 0 saturated heterocycles. The Bertz CT molecular complexity index is 832. The van der Waals surface area contributed by atoms with E-state index in [9.17, 15) is 9.18 Å². The quantitative estimate of drug-likeness (QED) is 0.623. The van der Waals surface area contributed by atoms with E-state index >= 15 is 0 Å². The number of hydrogen-bond acceptors (Lipinski definition) is 1. The van der Waals surface area contributed by atoms with E-state index in [2.05, 4.69) is 27.9 Å². The molecule has 0 radical (unpaired) electrons. The van der Waals surface area contributed by atoms with Crippen LogP contribution in [0.5, 0.6) is 0 Å². The maximum atomic E-state index is 13.8. The summed E-state index contributed by atoms with van der Waals surface area (Å²) >= 11 is 2.16. The van der Waals surface area contributed by atoms with Crippen molar-refractivity contribution in [3.05, 3.63) is 75.6 Å². The van der Waals surface area contributed by atoms with Gasteiger partial charge in [-0.15, -0.1) is 0 Å². The lowest BCUT2D eigenvalue weighted by molar-refractivity contribution is 0.102. The summed E-state index contributed by atoms with van der Waals surface area (Å²) in [6.45, 7) is 0. The Labute approximate surface area is 135 Å². The number of benzene rings is 3. The SMILES string of the molecule is O=C(Nc1ccccc1I)c1ccc(F)c2ccccc12. The van der Waals surface area contributed by atoms with Crippen LogP contribution in [0.2, 0.25) is 0 Å². The predicted molar refractivity (Wildman–Crippen MR) is 91.0 cm³/mol. The summed E-state index contributed by atoms with van der Waals surface area (Å²) in [6.07, 6.45) is 0. The van der Waals surface area contributed by atoms with Crippen LogP contribution in [-0.4, -0.2) is 5.91 Å². The van der Waals surface area contributed by atoms with Gasteiger partial charge in [-0.25, -0.2) is 4.39 Å². The zero-order chi connectivity index (χ0) is 14.8. The van der Waals surface area contributed by atoms with Gasteiger partial charge in [0.25, 0.3) is 5.91 Å². The van der Waals surface area contributed by atoms with Gasteiger partial charge in [0.1, 0.15) is 5.82 Å². The average Bonchev–Trinajstić information content (AvgIpc) is 2.50. The van der Waals surface area contributed by atoms with Crippen LogP contribution in [0.15, 0.2) is 60.7 Å². The molecule has 4 heteroatoms. The largest absolute Gasteiger partial charge is 0.321 e. The standard InChI is InChI=1S/C17H11FINO/c18-14-10-9-13(11-5-1-2-6-12(11)14)17(21)20-16-8-4-3-7-15(16)19/h1-10H,(H,20,21).